The van der Waals surface area contributed by atoms with Gasteiger partial charge in [-0.1, -0.05) is 29.3 Å². The molecule has 0 radical (unpaired) electrons. The van der Waals surface area contributed by atoms with Crippen molar-refractivity contribution in [1.82, 2.24) is 30.8 Å². The van der Waals surface area contributed by atoms with Crippen LogP contribution in [0.2, 0.25) is 10.0 Å². The SMILES string of the molecule is Cl.Cl.O=C(O)C1CC2CC(CN(Cc3ccc(Cl)c(Cl)c3)Cc3nnn[nH]3)CCC2CN1. The van der Waals surface area contributed by atoms with E-state index in [2.05, 4.69) is 30.8 Å². The normalized spacial score (nSPS) is 24.8. The molecule has 1 saturated carbocycles. The molecule has 1 aromatic carbocycles. The number of nitrogens with zero attached hydrogens (tertiary/aromatic N) is 4. The van der Waals surface area contributed by atoms with Crippen LogP contribution in [-0.4, -0.2) is 55.7 Å². The standard InChI is InChI=1S/C20H26Cl2N6O2.2ClH/c21-16-4-2-13(6-17(16)22)10-28(11-19-24-26-27-25-19)9-12-1-3-14-8-23-18(20(29)30)7-15(14)5-12;;/h2,4,6,12,14-15,18,23H,1,3,5,7-11H2,(H,29,30)(H,24,25,26,27);2*1H. The predicted octanol–water partition coefficient (Wildman–Crippen LogP) is 3.83. The quantitative estimate of drug-likeness (QED) is 0.504. The molecule has 1 aromatic heterocycles. The first-order chi connectivity index (χ1) is 14.5. The Bertz CT molecular complexity index is 872. The maximum Gasteiger partial charge on any atom is 0.320 e. The van der Waals surface area contributed by atoms with E-state index in [-0.39, 0.29) is 24.8 Å². The van der Waals surface area contributed by atoms with Crippen LogP contribution >= 0.6 is 48.0 Å². The second-order valence-corrected chi connectivity index (χ2v) is 9.31. The minimum Gasteiger partial charge on any atom is -0.480 e. The van der Waals surface area contributed by atoms with Crippen molar-refractivity contribution in [2.75, 3.05) is 13.1 Å². The summed E-state index contributed by atoms with van der Waals surface area (Å²) in [6.45, 7) is 3.03. The lowest BCUT2D eigenvalue weighted by atomic mass is 9.69. The Morgan fingerprint density at radius 3 is 2.62 bits per heavy atom. The Kier molecular flexibility index (Phi) is 10.4. The van der Waals surface area contributed by atoms with Crippen LogP contribution < -0.4 is 5.32 Å². The summed E-state index contributed by atoms with van der Waals surface area (Å²) in [5.74, 6) is 1.53. The van der Waals surface area contributed by atoms with E-state index in [4.69, 9.17) is 23.2 Å². The fourth-order valence-electron chi connectivity index (χ4n) is 4.92. The van der Waals surface area contributed by atoms with Crippen LogP contribution in [0.15, 0.2) is 18.2 Å². The van der Waals surface area contributed by atoms with Gasteiger partial charge < -0.3 is 10.4 Å². The Morgan fingerprint density at radius 2 is 1.94 bits per heavy atom. The van der Waals surface area contributed by atoms with E-state index in [1.807, 2.05) is 18.2 Å². The molecule has 0 spiro atoms. The first-order valence-corrected chi connectivity index (χ1v) is 11.1. The van der Waals surface area contributed by atoms with Crippen LogP contribution in [0.3, 0.4) is 0 Å². The van der Waals surface area contributed by atoms with Gasteiger partial charge in [-0.3, -0.25) is 9.69 Å². The monoisotopic (exact) mass is 524 g/mol. The predicted molar refractivity (Wildman–Crippen MR) is 128 cm³/mol. The van der Waals surface area contributed by atoms with Gasteiger partial charge in [-0.25, -0.2) is 5.10 Å². The van der Waals surface area contributed by atoms with Crippen LogP contribution in [-0.2, 0) is 17.9 Å². The van der Waals surface area contributed by atoms with Gasteiger partial charge in [0, 0.05) is 13.1 Å². The average molecular weight is 526 g/mol. The Hall–Kier alpha value is -1.16. The van der Waals surface area contributed by atoms with E-state index in [1.165, 1.54) is 0 Å². The molecule has 2 aromatic rings. The van der Waals surface area contributed by atoms with Crippen molar-refractivity contribution in [2.45, 2.75) is 44.8 Å². The topological polar surface area (TPSA) is 107 Å². The van der Waals surface area contributed by atoms with E-state index >= 15 is 0 Å². The summed E-state index contributed by atoms with van der Waals surface area (Å²) in [4.78, 5) is 13.7. The number of aliphatic carboxylic acids is 1. The maximum atomic E-state index is 11.4. The van der Waals surface area contributed by atoms with Gasteiger partial charge in [-0.2, -0.15) is 0 Å². The third-order valence-corrected chi connectivity index (χ3v) is 7.12. The summed E-state index contributed by atoms with van der Waals surface area (Å²) < 4.78 is 0. The number of halogens is 4. The number of carbonyl (C=O) groups is 1. The van der Waals surface area contributed by atoms with Gasteiger partial charge in [0.1, 0.15) is 6.04 Å². The van der Waals surface area contributed by atoms with Crippen LogP contribution in [0.5, 0.6) is 0 Å². The number of rotatable bonds is 7. The molecular weight excluding hydrogens is 498 g/mol. The number of aromatic amines is 1. The molecule has 32 heavy (non-hydrogen) atoms. The number of fused-ring (bicyclic) bond motifs is 1. The van der Waals surface area contributed by atoms with E-state index in [9.17, 15) is 9.90 Å². The van der Waals surface area contributed by atoms with Gasteiger partial charge in [-0.05, 0) is 78.1 Å². The molecular formula is C20H28Cl4N6O2. The lowest BCUT2D eigenvalue weighted by Crippen LogP contribution is -2.50. The maximum absolute atomic E-state index is 11.4. The van der Waals surface area contributed by atoms with E-state index in [0.29, 0.717) is 40.9 Å². The van der Waals surface area contributed by atoms with Crippen LogP contribution in [0.25, 0.3) is 0 Å². The number of hydrogen-bond acceptors (Lipinski definition) is 6. The molecule has 2 heterocycles. The zero-order chi connectivity index (χ0) is 21.1. The van der Waals surface area contributed by atoms with E-state index in [1.54, 1.807) is 0 Å². The fraction of sp³-hybridized carbons (Fsp3) is 0.600. The minimum atomic E-state index is -0.741. The summed E-state index contributed by atoms with van der Waals surface area (Å²) in [7, 11) is 0. The van der Waals surface area contributed by atoms with Gasteiger partial charge in [-0.15, -0.1) is 29.9 Å². The molecule has 4 rings (SSSR count). The number of hydrogen-bond donors (Lipinski definition) is 3. The van der Waals surface area contributed by atoms with Crippen molar-refractivity contribution < 1.29 is 9.90 Å². The molecule has 4 unspecified atom stereocenters. The zero-order valence-electron chi connectivity index (χ0n) is 17.4. The summed E-state index contributed by atoms with van der Waals surface area (Å²) >= 11 is 12.3. The third kappa shape index (κ3) is 6.92. The van der Waals surface area contributed by atoms with Gasteiger partial charge >= 0.3 is 5.97 Å². The van der Waals surface area contributed by atoms with E-state index < -0.39 is 12.0 Å². The number of benzene rings is 1. The highest BCUT2D eigenvalue weighted by atomic mass is 35.5. The lowest BCUT2D eigenvalue weighted by Gasteiger charge is -2.42. The Morgan fingerprint density at radius 1 is 1.12 bits per heavy atom. The number of nitrogens with one attached hydrogen (secondary N) is 2. The van der Waals surface area contributed by atoms with Crippen LogP contribution in [0, 0.1) is 17.8 Å². The number of piperidine rings is 1. The molecule has 1 saturated heterocycles. The highest BCUT2D eigenvalue weighted by Crippen LogP contribution is 2.39. The third-order valence-electron chi connectivity index (χ3n) is 6.38. The molecule has 4 atom stereocenters. The van der Waals surface area contributed by atoms with Crippen LogP contribution in [0.1, 0.15) is 37.1 Å². The molecule has 12 heteroatoms. The fourth-order valence-corrected chi connectivity index (χ4v) is 5.24. The molecule has 178 valence electrons. The van der Waals surface area contributed by atoms with Gasteiger partial charge in [0.25, 0.3) is 0 Å². The van der Waals surface area contributed by atoms with Crippen molar-refractivity contribution in [3.8, 4) is 0 Å². The number of H-pyrrole nitrogens is 1. The Balaban J connectivity index is 0.00000181. The van der Waals surface area contributed by atoms with Gasteiger partial charge in [0.15, 0.2) is 5.82 Å². The summed E-state index contributed by atoms with van der Waals surface area (Å²) in [6, 6.07) is 5.29. The van der Waals surface area contributed by atoms with Gasteiger partial charge in [0.2, 0.25) is 0 Å². The first kappa shape index (κ1) is 27.1. The minimum absolute atomic E-state index is 0. The highest BCUT2D eigenvalue weighted by molar-refractivity contribution is 6.42. The summed E-state index contributed by atoms with van der Waals surface area (Å²) in [5, 5.41) is 27.9. The lowest BCUT2D eigenvalue weighted by molar-refractivity contribution is -0.141. The summed E-state index contributed by atoms with van der Waals surface area (Å²) in [5.41, 5.74) is 1.08. The Labute approximate surface area is 209 Å². The zero-order valence-corrected chi connectivity index (χ0v) is 20.6. The number of carboxylic acids is 1. The molecule has 2 fully saturated rings. The molecule has 0 bridgehead atoms. The average Bonchev–Trinajstić information content (AvgIpc) is 3.23. The largest absolute Gasteiger partial charge is 0.480 e. The second-order valence-electron chi connectivity index (χ2n) is 8.50. The van der Waals surface area contributed by atoms with Crippen LogP contribution in [0.4, 0.5) is 0 Å². The smallest absolute Gasteiger partial charge is 0.320 e. The molecule has 1 aliphatic heterocycles. The van der Waals surface area contributed by atoms with Crippen molar-refractivity contribution >= 4 is 54.0 Å². The molecule has 8 nitrogen and oxygen atoms in total. The number of aromatic nitrogens is 4. The van der Waals surface area contributed by atoms with Gasteiger partial charge in [0.05, 0.1) is 16.6 Å². The number of tetrazole rings is 1. The van der Waals surface area contributed by atoms with Crippen molar-refractivity contribution in [2.24, 2.45) is 17.8 Å². The van der Waals surface area contributed by atoms with E-state index in [0.717, 1.165) is 50.2 Å². The molecule has 3 N–H and O–H groups in total. The summed E-state index contributed by atoms with van der Waals surface area (Å²) in [6.07, 6.45) is 4.06. The van der Waals surface area contributed by atoms with Crippen molar-refractivity contribution in [3.63, 3.8) is 0 Å². The molecule has 2 aliphatic rings. The van der Waals surface area contributed by atoms with Crippen molar-refractivity contribution in [1.29, 1.82) is 0 Å². The molecule has 1 aliphatic carbocycles. The first-order valence-electron chi connectivity index (χ1n) is 10.3. The second kappa shape index (κ2) is 12.3. The molecule has 0 amide bonds. The highest BCUT2D eigenvalue weighted by Gasteiger charge is 2.38. The van der Waals surface area contributed by atoms with Crippen molar-refractivity contribution in [3.05, 3.63) is 39.6 Å². The number of carboxylic acid groups (broad SMARTS) is 1.